The minimum absolute atomic E-state index is 0.141. The van der Waals surface area contributed by atoms with Crippen molar-refractivity contribution in [3.05, 3.63) is 34.9 Å². The number of hydrogen-bond acceptors (Lipinski definition) is 5. The molecule has 0 aliphatic carbocycles. The van der Waals surface area contributed by atoms with Crippen molar-refractivity contribution in [3.8, 4) is 11.8 Å². The van der Waals surface area contributed by atoms with Gasteiger partial charge in [0.1, 0.15) is 0 Å². The summed E-state index contributed by atoms with van der Waals surface area (Å²) in [5, 5.41) is 6.27. The monoisotopic (exact) mass is 482 g/mol. The fraction of sp³-hybridized carbons (Fsp3) is 0.643. The Bertz CT molecular complexity index is 871. The average molecular weight is 483 g/mol. The minimum Gasteiger partial charge on any atom is -0.380 e. The van der Waals surface area contributed by atoms with Crippen LogP contribution in [0.1, 0.15) is 73.9 Å². The van der Waals surface area contributed by atoms with E-state index in [1.165, 1.54) is 0 Å². The van der Waals surface area contributed by atoms with E-state index < -0.39 is 0 Å². The molecule has 0 bridgehead atoms. The Morgan fingerprint density at radius 1 is 1.23 bits per heavy atom. The van der Waals surface area contributed by atoms with Gasteiger partial charge < -0.3 is 25.2 Å². The number of ether oxygens (including phenoxy) is 1. The van der Waals surface area contributed by atoms with Gasteiger partial charge in [0.05, 0.1) is 6.61 Å². The average Bonchev–Trinajstić information content (AvgIpc) is 3.21. The molecule has 2 aliphatic rings. The van der Waals surface area contributed by atoms with Crippen LogP contribution in [0.5, 0.6) is 0 Å². The molecule has 7 heteroatoms. The summed E-state index contributed by atoms with van der Waals surface area (Å²) >= 11 is 0. The van der Waals surface area contributed by atoms with E-state index in [2.05, 4.69) is 41.2 Å². The zero-order chi connectivity index (χ0) is 24.9. The number of benzene rings is 1. The number of likely N-dealkylation sites (tertiary alicyclic amines) is 1. The van der Waals surface area contributed by atoms with Gasteiger partial charge in [-0.25, -0.2) is 0 Å². The summed E-state index contributed by atoms with van der Waals surface area (Å²) in [5.74, 6) is 6.69. The van der Waals surface area contributed by atoms with Gasteiger partial charge in [0.15, 0.2) is 0 Å². The van der Waals surface area contributed by atoms with Crippen molar-refractivity contribution in [2.45, 2.75) is 71.0 Å². The number of hydrogen-bond donors (Lipinski definition) is 2. The number of piperidine rings is 1. The Morgan fingerprint density at radius 3 is 2.83 bits per heavy atom. The Kier molecular flexibility index (Phi) is 11.6. The second kappa shape index (κ2) is 14.9. The molecule has 1 saturated heterocycles. The van der Waals surface area contributed by atoms with Gasteiger partial charge in [-0.15, -0.1) is 0 Å². The lowest BCUT2D eigenvalue weighted by Crippen LogP contribution is -2.42. The number of carbonyl (C=O) groups is 2. The van der Waals surface area contributed by atoms with Crippen LogP contribution in [-0.2, 0) is 16.1 Å². The quantitative estimate of drug-likeness (QED) is 0.242. The van der Waals surface area contributed by atoms with Gasteiger partial charge in [-0.05, 0) is 50.3 Å². The molecule has 3 rings (SSSR count). The first-order chi connectivity index (χ1) is 17.1. The van der Waals surface area contributed by atoms with Crippen molar-refractivity contribution in [2.24, 2.45) is 0 Å². The molecule has 0 radical (unpaired) electrons. The second-order valence-corrected chi connectivity index (χ2v) is 9.57. The first kappa shape index (κ1) is 27.2. The second-order valence-electron chi connectivity index (χ2n) is 9.57. The maximum atomic E-state index is 12.8. The number of nitrogens with one attached hydrogen (secondary N) is 2. The topological polar surface area (TPSA) is 73.9 Å². The molecular weight excluding hydrogens is 440 g/mol. The lowest BCUT2D eigenvalue weighted by molar-refractivity contribution is -0.110. The van der Waals surface area contributed by atoms with E-state index in [0.717, 1.165) is 101 Å². The van der Waals surface area contributed by atoms with Crippen LogP contribution in [-0.4, -0.2) is 80.1 Å². The van der Waals surface area contributed by atoms with Gasteiger partial charge in [-0.2, -0.15) is 0 Å². The molecule has 2 amide bonds. The van der Waals surface area contributed by atoms with Gasteiger partial charge in [0.2, 0.25) is 6.41 Å². The van der Waals surface area contributed by atoms with Crippen molar-refractivity contribution in [1.29, 1.82) is 0 Å². The van der Waals surface area contributed by atoms with Gasteiger partial charge in [-0.3, -0.25) is 9.59 Å². The summed E-state index contributed by atoms with van der Waals surface area (Å²) in [7, 11) is 0. The van der Waals surface area contributed by atoms with Gasteiger partial charge >= 0.3 is 0 Å². The van der Waals surface area contributed by atoms with Crippen LogP contribution in [0.4, 0.5) is 0 Å². The molecule has 1 aromatic rings. The van der Waals surface area contributed by atoms with E-state index in [1.54, 1.807) is 0 Å². The number of fused-ring (bicyclic) bond motifs is 1. The molecule has 0 saturated carbocycles. The standard InChI is InChI=1S/C28H42N4O3/c1-3-8-23(2)32-21-27-24(10-6-11-26(27)28(32)34)9-4-5-14-29-15-20-35-19-7-16-31-17-12-25(13-18-31)30-22-33/h6,10-11,22-23,25,29H,3,5,7-8,12-21H2,1-2H3,(H,30,33). The number of amides is 2. The molecule has 0 spiro atoms. The molecule has 0 aromatic heterocycles. The lowest BCUT2D eigenvalue weighted by atomic mass is 10.0. The molecule has 7 nitrogen and oxygen atoms in total. The van der Waals surface area contributed by atoms with Crippen LogP contribution in [0.25, 0.3) is 0 Å². The van der Waals surface area contributed by atoms with Crippen LogP contribution >= 0.6 is 0 Å². The number of carbonyl (C=O) groups excluding carboxylic acids is 2. The summed E-state index contributed by atoms with van der Waals surface area (Å²) in [6.07, 6.45) is 6.79. The summed E-state index contributed by atoms with van der Waals surface area (Å²) in [4.78, 5) is 27.7. The third-order valence-electron chi connectivity index (χ3n) is 6.96. The third kappa shape index (κ3) is 8.34. The molecule has 1 unspecified atom stereocenters. The molecule has 1 fully saturated rings. The summed E-state index contributed by atoms with van der Waals surface area (Å²) in [6.45, 7) is 11.2. The molecule has 2 N–H and O–H groups in total. The molecular formula is C28H42N4O3. The van der Waals surface area contributed by atoms with Crippen LogP contribution in [0, 0.1) is 11.8 Å². The van der Waals surface area contributed by atoms with Crippen molar-refractivity contribution in [2.75, 3.05) is 45.9 Å². The van der Waals surface area contributed by atoms with Crippen molar-refractivity contribution in [1.82, 2.24) is 20.4 Å². The van der Waals surface area contributed by atoms with E-state index in [9.17, 15) is 9.59 Å². The predicted molar refractivity (Wildman–Crippen MR) is 139 cm³/mol. The highest BCUT2D eigenvalue weighted by Crippen LogP contribution is 2.28. The molecule has 1 atom stereocenters. The molecule has 1 aromatic carbocycles. The SMILES string of the molecule is CCCC(C)N1Cc2c(C#CCCNCCOCCCN3CCC(NC=O)CC3)cccc2C1=O. The zero-order valence-electron chi connectivity index (χ0n) is 21.5. The fourth-order valence-electron chi connectivity index (χ4n) is 4.89. The predicted octanol–water partition coefficient (Wildman–Crippen LogP) is 2.78. The fourth-order valence-corrected chi connectivity index (χ4v) is 4.89. The van der Waals surface area contributed by atoms with E-state index in [0.29, 0.717) is 19.2 Å². The maximum absolute atomic E-state index is 12.8. The summed E-state index contributed by atoms with van der Waals surface area (Å²) in [6, 6.07) is 6.50. The van der Waals surface area contributed by atoms with E-state index in [4.69, 9.17) is 4.74 Å². The molecule has 2 heterocycles. The van der Waals surface area contributed by atoms with E-state index in [-0.39, 0.29) is 11.9 Å². The Hall–Kier alpha value is -2.40. The highest BCUT2D eigenvalue weighted by Gasteiger charge is 2.31. The number of rotatable bonds is 14. The Balaban J connectivity index is 1.25. The van der Waals surface area contributed by atoms with Gasteiger partial charge in [0.25, 0.3) is 5.91 Å². The lowest BCUT2D eigenvalue weighted by Gasteiger charge is -2.31. The smallest absolute Gasteiger partial charge is 0.254 e. The van der Waals surface area contributed by atoms with Crippen LogP contribution in [0.15, 0.2) is 18.2 Å². The Morgan fingerprint density at radius 2 is 2.06 bits per heavy atom. The largest absolute Gasteiger partial charge is 0.380 e. The van der Waals surface area contributed by atoms with E-state index in [1.807, 2.05) is 23.1 Å². The Labute approximate surface area is 211 Å². The van der Waals surface area contributed by atoms with Crippen molar-refractivity contribution in [3.63, 3.8) is 0 Å². The molecule has 2 aliphatic heterocycles. The van der Waals surface area contributed by atoms with Crippen LogP contribution in [0.3, 0.4) is 0 Å². The van der Waals surface area contributed by atoms with Crippen molar-refractivity contribution >= 4 is 12.3 Å². The number of nitrogens with zero attached hydrogens (tertiary/aromatic N) is 2. The normalized spacial score (nSPS) is 17.1. The third-order valence-corrected chi connectivity index (χ3v) is 6.96. The maximum Gasteiger partial charge on any atom is 0.254 e. The van der Waals surface area contributed by atoms with Crippen LogP contribution in [0.2, 0.25) is 0 Å². The van der Waals surface area contributed by atoms with Crippen molar-refractivity contribution < 1.29 is 14.3 Å². The highest BCUT2D eigenvalue weighted by atomic mass is 16.5. The molecule has 192 valence electrons. The zero-order valence-corrected chi connectivity index (χ0v) is 21.5. The first-order valence-corrected chi connectivity index (χ1v) is 13.3. The minimum atomic E-state index is 0.141. The first-order valence-electron chi connectivity index (χ1n) is 13.3. The van der Waals surface area contributed by atoms with Gasteiger partial charge in [-0.1, -0.05) is 31.3 Å². The van der Waals surface area contributed by atoms with Crippen LogP contribution < -0.4 is 10.6 Å². The molecule has 35 heavy (non-hydrogen) atoms. The van der Waals surface area contributed by atoms with Gasteiger partial charge in [0, 0.05) is 75.5 Å². The summed E-state index contributed by atoms with van der Waals surface area (Å²) in [5.41, 5.74) is 2.88. The highest BCUT2D eigenvalue weighted by molar-refractivity contribution is 5.99. The van der Waals surface area contributed by atoms with E-state index >= 15 is 0 Å². The summed E-state index contributed by atoms with van der Waals surface area (Å²) < 4.78 is 5.75.